The number of hydrogen-bond donors (Lipinski definition) is 3. The smallest absolute Gasteiger partial charge is 0.129 e. The summed E-state index contributed by atoms with van der Waals surface area (Å²) in [5.41, 5.74) is 1.48. The quantitative estimate of drug-likeness (QED) is 0.655. The number of phenols is 1. The third kappa shape index (κ3) is 5.75. The minimum absolute atomic E-state index is 0. The Kier molecular flexibility index (Phi) is 8.09. The molecule has 0 spiro atoms. The number of benzene rings is 2. The highest BCUT2D eigenvalue weighted by molar-refractivity contribution is 8.93. The second-order valence-electron chi connectivity index (χ2n) is 5.01. The number of aryl methyl sites for hydroxylation is 1. The van der Waals surface area contributed by atoms with Crippen LogP contribution in [0.5, 0.6) is 5.75 Å². The van der Waals surface area contributed by atoms with Crippen molar-refractivity contribution in [3.8, 4) is 5.75 Å². The number of rotatable bonds is 7. The summed E-state index contributed by atoms with van der Waals surface area (Å²) in [6.45, 7) is 1.07. The van der Waals surface area contributed by atoms with E-state index in [0.29, 0.717) is 12.1 Å². The molecule has 0 saturated heterocycles. The summed E-state index contributed by atoms with van der Waals surface area (Å²) >= 11 is 0. The Morgan fingerprint density at radius 3 is 2.41 bits per heavy atom. The molecule has 3 N–H and O–H groups in total. The molecule has 1 unspecified atom stereocenters. The van der Waals surface area contributed by atoms with E-state index in [1.54, 1.807) is 30.3 Å². The predicted octanol–water partition coefficient (Wildman–Crippen LogP) is 3.37. The van der Waals surface area contributed by atoms with Crippen molar-refractivity contribution in [3.05, 3.63) is 65.5 Å². The van der Waals surface area contributed by atoms with Crippen molar-refractivity contribution in [3.63, 3.8) is 0 Å². The highest BCUT2D eigenvalue weighted by Crippen LogP contribution is 2.15. The van der Waals surface area contributed by atoms with Gasteiger partial charge in [-0.1, -0.05) is 30.3 Å². The summed E-state index contributed by atoms with van der Waals surface area (Å²) in [5, 5.41) is 22.2. The fraction of sp³-hybridized carbons (Fsp3) is 0.294. The van der Waals surface area contributed by atoms with Crippen molar-refractivity contribution in [2.24, 2.45) is 0 Å². The van der Waals surface area contributed by atoms with Gasteiger partial charge in [0.05, 0.1) is 6.10 Å². The number of aromatic hydroxyl groups is 1. The van der Waals surface area contributed by atoms with Gasteiger partial charge in [-0.15, -0.1) is 17.0 Å². The van der Waals surface area contributed by atoms with Crippen LogP contribution in [0, 0.1) is 5.82 Å². The average molecular weight is 370 g/mol. The number of phenolic OH excluding ortho intramolecular Hbond substituents is 1. The Morgan fingerprint density at radius 1 is 1.05 bits per heavy atom. The third-order valence-corrected chi connectivity index (χ3v) is 3.36. The summed E-state index contributed by atoms with van der Waals surface area (Å²) in [6.07, 6.45) is 0.970. The first kappa shape index (κ1) is 18.6. The van der Waals surface area contributed by atoms with Gasteiger partial charge in [0.1, 0.15) is 11.6 Å². The standard InChI is InChI=1S/C17H20FNO2.BrH/c18-16-6-2-1-5-15(16)17(21)12-19-11-3-4-13-7-9-14(20)10-8-13;/h1-2,5-10,17,19-21H,3-4,11-12H2;1H. The largest absolute Gasteiger partial charge is 0.508 e. The van der Waals surface area contributed by atoms with Crippen LogP contribution in [0.3, 0.4) is 0 Å². The lowest BCUT2D eigenvalue weighted by Gasteiger charge is -2.13. The molecule has 0 saturated carbocycles. The number of aliphatic hydroxyl groups is 1. The normalized spacial score (nSPS) is 11.7. The van der Waals surface area contributed by atoms with E-state index in [-0.39, 0.29) is 28.5 Å². The minimum atomic E-state index is -0.833. The third-order valence-electron chi connectivity index (χ3n) is 3.36. The number of nitrogens with one attached hydrogen (secondary N) is 1. The van der Waals surface area contributed by atoms with Crippen molar-refractivity contribution in [2.45, 2.75) is 18.9 Å². The monoisotopic (exact) mass is 369 g/mol. The number of hydrogen-bond acceptors (Lipinski definition) is 3. The highest BCUT2D eigenvalue weighted by atomic mass is 79.9. The molecule has 0 aliphatic carbocycles. The van der Waals surface area contributed by atoms with Crippen LogP contribution in [0.25, 0.3) is 0 Å². The summed E-state index contributed by atoms with van der Waals surface area (Å²) in [4.78, 5) is 0. The molecule has 1 atom stereocenters. The molecule has 2 aromatic carbocycles. The molecule has 0 fully saturated rings. The highest BCUT2D eigenvalue weighted by Gasteiger charge is 2.11. The van der Waals surface area contributed by atoms with Gasteiger partial charge in [0.2, 0.25) is 0 Å². The molecule has 3 nitrogen and oxygen atoms in total. The van der Waals surface area contributed by atoms with Crippen LogP contribution in [0.4, 0.5) is 4.39 Å². The van der Waals surface area contributed by atoms with Gasteiger partial charge in [0.15, 0.2) is 0 Å². The second kappa shape index (κ2) is 9.56. The Labute approximate surface area is 140 Å². The fourth-order valence-electron chi connectivity index (χ4n) is 2.17. The van der Waals surface area contributed by atoms with Crippen LogP contribution in [0.1, 0.15) is 23.7 Å². The maximum Gasteiger partial charge on any atom is 0.129 e. The second-order valence-corrected chi connectivity index (χ2v) is 5.01. The molecule has 2 aromatic rings. The van der Waals surface area contributed by atoms with Crippen LogP contribution in [0.2, 0.25) is 0 Å². The van der Waals surface area contributed by atoms with E-state index in [4.69, 9.17) is 0 Å². The first-order valence-corrected chi connectivity index (χ1v) is 7.08. The van der Waals surface area contributed by atoms with Gasteiger partial charge < -0.3 is 15.5 Å². The first-order valence-electron chi connectivity index (χ1n) is 7.08. The Balaban J connectivity index is 0.00000242. The lowest BCUT2D eigenvalue weighted by Crippen LogP contribution is -2.23. The van der Waals surface area contributed by atoms with Crippen molar-refractivity contribution >= 4 is 17.0 Å². The maximum atomic E-state index is 13.5. The molecule has 0 amide bonds. The van der Waals surface area contributed by atoms with Gasteiger partial charge in [-0.25, -0.2) is 4.39 Å². The molecule has 0 aromatic heterocycles. The van der Waals surface area contributed by atoms with Crippen LogP contribution in [-0.4, -0.2) is 23.3 Å². The van der Waals surface area contributed by atoms with Crippen LogP contribution in [0.15, 0.2) is 48.5 Å². The van der Waals surface area contributed by atoms with Crippen LogP contribution in [-0.2, 0) is 6.42 Å². The molecule has 0 aliphatic heterocycles. The molecule has 0 bridgehead atoms. The molecule has 0 aliphatic rings. The fourth-order valence-corrected chi connectivity index (χ4v) is 2.17. The molecule has 2 rings (SSSR count). The van der Waals surface area contributed by atoms with Crippen LogP contribution >= 0.6 is 17.0 Å². The molecule has 0 radical (unpaired) electrons. The summed E-state index contributed by atoms with van der Waals surface area (Å²) in [6, 6.07) is 13.4. The summed E-state index contributed by atoms with van der Waals surface area (Å²) in [7, 11) is 0. The van der Waals surface area contributed by atoms with Crippen LogP contribution < -0.4 is 5.32 Å². The number of aliphatic hydroxyl groups excluding tert-OH is 1. The molecule has 120 valence electrons. The zero-order valence-corrected chi connectivity index (χ0v) is 13.9. The van der Waals surface area contributed by atoms with Gasteiger partial charge >= 0.3 is 0 Å². The maximum absolute atomic E-state index is 13.5. The lowest BCUT2D eigenvalue weighted by molar-refractivity contribution is 0.170. The van der Waals surface area contributed by atoms with E-state index in [1.165, 1.54) is 6.07 Å². The molecular formula is C17H21BrFNO2. The van der Waals surface area contributed by atoms with Gasteiger partial charge in [-0.3, -0.25) is 0 Å². The molecular weight excluding hydrogens is 349 g/mol. The molecule has 0 heterocycles. The van der Waals surface area contributed by atoms with Gasteiger partial charge in [-0.2, -0.15) is 0 Å². The molecule has 5 heteroatoms. The van der Waals surface area contributed by atoms with Crippen molar-refractivity contribution in [1.82, 2.24) is 5.32 Å². The lowest BCUT2D eigenvalue weighted by atomic mass is 10.1. The van der Waals surface area contributed by atoms with E-state index in [0.717, 1.165) is 24.9 Å². The summed E-state index contributed by atoms with van der Waals surface area (Å²) < 4.78 is 13.5. The van der Waals surface area contributed by atoms with E-state index in [1.807, 2.05) is 12.1 Å². The SMILES string of the molecule is Br.Oc1ccc(CCCNCC(O)c2ccccc2F)cc1. The van der Waals surface area contributed by atoms with E-state index >= 15 is 0 Å². The van der Waals surface area contributed by atoms with E-state index in [9.17, 15) is 14.6 Å². The van der Waals surface area contributed by atoms with Gasteiger partial charge in [-0.05, 0) is 43.1 Å². The van der Waals surface area contributed by atoms with E-state index < -0.39 is 6.10 Å². The van der Waals surface area contributed by atoms with Gasteiger partial charge in [0, 0.05) is 12.1 Å². The van der Waals surface area contributed by atoms with E-state index in [2.05, 4.69) is 5.32 Å². The first-order chi connectivity index (χ1) is 10.2. The Hall–Kier alpha value is -1.43. The van der Waals surface area contributed by atoms with Crippen molar-refractivity contribution < 1.29 is 14.6 Å². The zero-order chi connectivity index (χ0) is 15.1. The zero-order valence-electron chi connectivity index (χ0n) is 12.2. The average Bonchev–Trinajstić information content (AvgIpc) is 2.49. The topological polar surface area (TPSA) is 52.5 Å². The van der Waals surface area contributed by atoms with Crippen molar-refractivity contribution in [1.29, 1.82) is 0 Å². The minimum Gasteiger partial charge on any atom is -0.508 e. The predicted molar refractivity (Wildman–Crippen MR) is 91.0 cm³/mol. The molecule has 22 heavy (non-hydrogen) atoms. The Morgan fingerprint density at radius 2 is 1.73 bits per heavy atom. The van der Waals surface area contributed by atoms with Crippen molar-refractivity contribution in [2.75, 3.05) is 13.1 Å². The summed E-state index contributed by atoms with van der Waals surface area (Å²) in [5.74, 6) is -0.110. The van der Waals surface area contributed by atoms with Gasteiger partial charge in [0.25, 0.3) is 0 Å². The Bertz CT molecular complexity index is 563. The number of halogens is 2.